The van der Waals surface area contributed by atoms with Crippen molar-refractivity contribution >= 4 is 23.5 Å². The first-order chi connectivity index (χ1) is 14.9. The molecule has 0 aliphatic carbocycles. The number of rotatable bonds is 10. The van der Waals surface area contributed by atoms with Gasteiger partial charge in [-0.15, -0.1) is 0 Å². The largest absolute Gasteiger partial charge is 0.497 e. The maximum Gasteiger partial charge on any atom is 0.330 e. The fourth-order valence-electron chi connectivity index (χ4n) is 3.12. The Morgan fingerprint density at radius 2 is 1.77 bits per heavy atom. The lowest BCUT2D eigenvalue weighted by Crippen LogP contribution is -2.41. The molecule has 3 N–H and O–H groups in total. The van der Waals surface area contributed by atoms with E-state index < -0.39 is 17.2 Å². The van der Waals surface area contributed by atoms with Gasteiger partial charge in [0.1, 0.15) is 17.3 Å². The molecule has 9 nitrogen and oxygen atoms in total. The number of carbonyl (C=O) groups excluding carboxylic acids is 1. The molecule has 1 aromatic carbocycles. The Kier molecular flexibility index (Phi) is 8.48. The summed E-state index contributed by atoms with van der Waals surface area (Å²) >= 11 is 0. The van der Waals surface area contributed by atoms with Crippen molar-refractivity contribution in [2.45, 2.75) is 39.7 Å². The first-order valence-corrected chi connectivity index (χ1v) is 10.2. The fourth-order valence-corrected chi connectivity index (χ4v) is 3.12. The van der Waals surface area contributed by atoms with Gasteiger partial charge in [0.05, 0.1) is 14.2 Å². The predicted molar refractivity (Wildman–Crippen MR) is 122 cm³/mol. The summed E-state index contributed by atoms with van der Waals surface area (Å²) in [5.41, 5.74) is 5.56. The molecule has 0 bridgehead atoms. The summed E-state index contributed by atoms with van der Waals surface area (Å²) < 4.78 is 11.8. The molecule has 2 aromatic rings. The molecule has 0 saturated carbocycles. The van der Waals surface area contributed by atoms with Crippen molar-refractivity contribution in [3.63, 3.8) is 0 Å². The van der Waals surface area contributed by atoms with Crippen LogP contribution in [0.3, 0.4) is 0 Å². The third-order valence-corrected chi connectivity index (χ3v) is 4.72. The number of hydrogen-bond acceptors (Lipinski definition) is 6. The van der Waals surface area contributed by atoms with Crippen molar-refractivity contribution in [2.24, 2.45) is 0 Å². The normalized spacial score (nSPS) is 11.0. The number of methoxy groups -OCH3 is 2. The van der Waals surface area contributed by atoms with E-state index in [0.717, 1.165) is 6.42 Å². The Morgan fingerprint density at radius 1 is 1.13 bits per heavy atom. The Labute approximate surface area is 181 Å². The summed E-state index contributed by atoms with van der Waals surface area (Å²) in [5.74, 6) is 0.730. The van der Waals surface area contributed by atoms with Gasteiger partial charge in [-0.2, -0.15) is 0 Å². The fraction of sp³-hybridized carbons (Fsp3) is 0.409. The smallest absolute Gasteiger partial charge is 0.330 e. The van der Waals surface area contributed by atoms with E-state index >= 15 is 0 Å². The van der Waals surface area contributed by atoms with Crippen LogP contribution in [-0.2, 0) is 11.3 Å². The van der Waals surface area contributed by atoms with E-state index in [1.54, 1.807) is 38.5 Å². The van der Waals surface area contributed by atoms with Crippen LogP contribution in [0.25, 0.3) is 6.08 Å². The Bertz CT molecular complexity index is 1030. The standard InChI is InChI=1S/C22H30N4O5/c1-5-7-11-25(19-20(23)26(10-6-2)22(29)24-21(19)28)18(27)9-8-15-12-16(30-3)14-17(13-15)31-4/h8-9,12-14H,5-7,10-11,23H2,1-4H3,(H,24,28,29)/b9-8+. The van der Waals surface area contributed by atoms with Crippen LogP contribution < -0.4 is 31.4 Å². The average molecular weight is 431 g/mol. The zero-order chi connectivity index (χ0) is 23.0. The highest BCUT2D eigenvalue weighted by Crippen LogP contribution is 2.24. The minimum absolute atomic E-state index is 0.0145. The number of aromatic amines is 1. The van der Waals surface area contributed by atoms with E-state index in [-0.39, 0.29) is 11.5 Å². The molecule has 0 aliphatic rings. The van der Waals surface area contributed by atoms with Crippen molar-refractivity contribution in [3.05, 3.63) is 50.7 Å². The van der Waals surface area contributed by atoms with Gasteiger partial charge in [-0.3, -0.25) is 19.1 Å². The van der Waals surface area contributed by atoms with Crippen LogP contribution in [-0.4, -0.2) is 36.2 Å². The third-order valence-electron chi connectivity index (χ3n) is 4.72. The van der Waals surface area contributed by atoms with Crippen LogP contribution in [0.2, 0.25) is 0 Å². The minimum atomic E-state index is -0.684. The van der Waals surface area contributed by atoms with Gasteiger partial charge in [0.2, 0.25) is 0 Å². The number of hydrogen-bond donors (Lipinski definition) is 2. The number of amides is 1. The van der Waals surface area contributed by atoms with Crippen molar-refractivity contribution < 1.29 is 14.3 Å². The molecule has 1 amide bonds. The van der Waals surface area contributed by atoms with Crippen molar-refractivity contribution in [3.8, 4) is 11.5 Å². The van der Waals surface area contributed by atoms with Gasteiger partial charge < -0.3 is 20.1 Å². The lowest BCUT2D eigenvalue weighted by molar-refractivity contribution is -0.114. The first-order valence-electron chi connectivity index (χ1n) is 10.2. The molecule has 0 aliphatic heterocycles. The van der Waals surface area contributed by atoms with Crippen LogP contribution in [0.4, 0.5) is 11.5 Å². The molecule has 0 atom stereocenters. The van der Waals surface area contributed by atoms with Gasteiger partial charge in [0, 0.05) is 25.2 Å². The number of unbranched alkanes of at least 4 members (excludes halogenated alkanes) is 1. The number of anilines is 2. The molecule has 1 heterocycles. The van der Waals surface area contributed by atoms with Gasteiger partial charge in [0.25, 0.3) is 11.5 Å². The number of H-pyrrole nitrogens is 1. The highest BCUT2D eigenvalue weighted by atomic mass is 16.5. The quantitative estimate of drug-likeness (QED) is 0.559. The van der Waals surface area contributed by atoms with Crippen LogP contribution >= 0.6 is 0 Å². The van der Waals surface area contributed by atoms with Gasteiger partial charge in [-0.1, -0.05) is 20.3 Å². The highest BCUT2D eigenvalue weighted by Gasteiger charge is 2.22. The second-order valence-corrected chi connectivity index (χ2v) is 6.97. The van der Waals surface area contributed by atoms with Gasteiger partial charge in [-0.25, -0.2) is 4.79 Å². The molecule has 9 heteroatoms. The van der Waals surface area contributed by atoms with E-state index in [1.165, 1.54) is 15.5 Å². The molecule has 2 rings (SSSR count). The second kappa shape index (κ2) is 11.1. The molecule has 0 saturated heterocycles. The predicted octanol–water partition coefficient (Wildman–Crippen LogP) is 2.39. The van der Waals surface area contributed by atoms with Gasteiger partial charge in [-0.05, 0) is 36.6 Å². The molecule has 31 heavy (non-hydrogen) atoms. The summed E-state index contributed by atoms with van der Waals surface area (Å²) in [4.78, 5) is 41.4. The third kappa shape index (κ3) is 5.78. The summed E-state index contributed by atoms with van der Waals surface area (Å²) in [6, 6.07) is 5.24. The van der Waals surface area contributed by atoms with Crippen LogP contribution in [0.5, 0.6) is 11.5 Å². The Morgan fingerprint density at radius 3 is 2.32 bits per heavy atom. The summed E-state index contributed by atoms with van der Waals surface area (Å²) in [6.45, 7) is 4.50. The topological polar surface area (TPSA) is 120 Å². The van der Waals surface area contributed by atoms with Crippen molar-refractivity contribution in [1.82, 2.24) is 9.55 Å². The van der Waals surface area contributed by atoms with Crippen molar-refractivity contribution in [1.29, 1.82) is 0 Å². The molecule has 0 radical (unpaired) electrons. The lowest BCUT2D eigenvalue weighted by atomic mass is 10.1. The molecule has 0 spiro atoms. The number of nitrogens with one attached hydrogen (secondary N) is 1. The van der Waals surface area contributed by atoms with E-state index in [4.69, 9.17) is 15.2 Å². The second-order valence-electron chi connectivity index (χ2n) is 6.97. The monoisotopic (exact) mass is 430 g/mol. The maximum atomic E-state index is 13.1. The summed E-state index contributed by atoms with van der Waals surface area (Å²) in [7, 11) is 3.08. The molecule has 0 fully saturated rings. The molecule has 168 valence electrons. The first kappa shape index (κ1) is 23.8. The minimum Gasteiger partial charge on any atom is -0.497 e. The summed E-state index contributed by atoms with van der Waals surface area (Å²) in [5, 5.41) is 0. The average Bonchev–Trinajstić information content (AvgIpc) is 2.76. The zero-order valence-electron chi connectivity index (χ0n) is 18.4. The van der Waals surface area contributed by atoms with Crippen LogP contribution in [0.15, 0.2) is 33.9 Å². The van der Waals surface area contributed by atoms with Crippen LogP contribution in [0.1, 0.15) is 38.7 Å². The number of benzene rings is 1. The highest BCUT2D eigenvalue weighted by molar-refractivity contribution is 6.05. The summed E-state index contributed by atoms with van der Waals surface area (Å²) in [6.07, 6.45) is 5.10. The van der Waals surface area contributed by atoms with Crippen molar-refractivity contribution in [2.75, 3.05) is 31.4 Å². The molecule has 1 aromatic heterocycles. The Hall–Kier alpha value is -3.49. The number of aromatic nitrogens is 2. The number of nitrogens with zero attached hydrogens (tertiary/aromatic N) is 2. The van der Waals surface area contributed by atoms with E-state index in [9.17, 15) is 14.4 Å². The SMILES string of the molecule is CCCCN(C(=O)/C=C/c1cc(OC)cc(OC)c1)c1c(N)n(CCC)c(=O)[nH]c1=O. The Balaban J connectivity index is 2.47. The molecule has 0 unspecified atom stereocenters. The number of carbonyl (C=O) groups is 1. The zero-order valence-corrected chi connectivity index (χ0v) is 18.4. The number of nitrogen functional groups attached to an aromatic ring is 1. The van der Waals surface area contributed by atoms with Gasteiger partial charge >= 0.3 is 5.69 Å². The number of nitrogens with two attached hydrogens (primary N) is 1. The molecular weight excluding hydrogens is 400 g/mol. The number of ether oxygens (including phenoxy) is 2. The van der Waals surface area contributed by atoms with E-state index in [0.29, 0.717) is 43.0 Å². The maximum absolute atomic E-state index is 13.1. The van der Waals surface area contributed by atoms with Crippen LogP contribution in [0, 0.1) is 0 Å². The lowest BCUT2D eigenvalue weighted by Gasteiger charge is -2.23. The van der Waals surface area contributed by atoms with Gasteiger partial charge in [0.15, 0.2) is 5.69 Å². The van der Waals surface area contributed by atoms with E-state index in [1.807, 2.05) is 13.8 Å². The molecular formula is C22H30N4O5. The van der Waals surface area contributed by atoms with E-state index in [2.05, 4.69) is 4.98 Å².